The first-order valence-electron chi connectivity index (χ1n) is 2.86. The second kappa shape index (κ2) is 2.83. The molecular formula is C7H6N2O. The summed E-state index contributed by atoms with van der Waals surface area (Å²) in [7, 11) is 0. The van der Waals surface area contributed by atoms with Crippen molar-refractivity contribution in [1.29, 1.82) is 5.26 Å². The molecule has 50 valence electrons. The summed E-state index contributed by atoms with van der Waals surface area (Å²) >= 11 is 0. The van der Waals surface area contributed by atoms with Gasteiger partial charge in [0.25, 0.3) is 0 Å². The summed E-state index contributed by atoms with van der Waals surface area (Å²) in [6.07, 6.45) is 3.95. The van der Waals surface area contributed by atoms with Crippen molar-refractivity contribution in [2.24, 2.45) is 0 Å². The van der Waals surface area contributed by atoms with E-state index in [2.05, 4.69) is 4.98 Å². The molecule has 1 aromatic heterocycles. The average molecular weight is 134 g/mol. The van der Waals surface area contributed by atoms with Crippen LogP contribution in [0.25, 0.3) is 0 Å². The summed E-state index contributed by atoms with van der Waals surface area (Å²) in [6, 6.07) is 3.58. The molecule has 1 aromatic rings. The number of nitrogens with zero attached hydrogens (tertiary/aromatic N) is 1. The van der Waals surface area contributed by atoms with Gasteiger partial charge < -0.3 is 9.78 Å². The van der Waals surface area contributed by atoms with Crippen LogP contribution in [0.3, 0.4) is 0 Å². The van der Waals surface area contributed by atoms with Crippen molar-refractivity contribution in [3.63, 3.8) is 0 Å². The van der Waals surface area contributed by atoms with Crippen LogP contribution in [0.4, 0.5) is 0 Å². The molecule has 3 nitrogen and oxygen atoms in total. The molecule has 1 N–H and O–H groups in total. The first-order valence-corrected chi connectivity index (χ1v) is 2.86. The van der Waals surface area contributed by atoms with Crippen LogP contribution < -0.4 is 0 Å². The van der Waals surface area contributed by atoms with Gasteiger partial charge in [0.15, 0.2) is 0 Å². The SMILES string of the molecule is N#CC(C=O)c1cc[nH]c1. The van der Waals surface area contributed by atoms with E-state index in [0.717, 1.165) is 5.56 Å². The monoisotopic (exact) mass is 134 g/mol. The predicted octanol–water partition coefficient (Wildman–Crippen LogP) is 0.821. The maximum absolute atomic E-state index is 10.2. The quantitative estimate of drug-likeness (QED) is 0.609. The van der Waals surface area contributed by atoms with E-state index in [9.17, 15) is 4.79 Å². The van der Waals surface area contributed by atoms with Gasteiger partial charge in [-0.1, -0.05) is 0 Å². The van der Waals surface area contributed by atoms with Crippen LogP contribution >= 0.6 is 0 Å². The molecule has 0 aromatic carbocycles. The lowest BCUT2D eigenvalue weighted by molar-refractivity contribution is -0.108. The highest BCUT2D eigenvalue weighted by Gasteiger charge is 2.07. The molecule has 0 bridgehead atoms. The van der Waals surface area contributed by atoms with E-state index >= 15 is 0 Å². The van der Waals surface area contributed by atoms with Crippen molar-refractivity contribution in [3.8, 4) is 6.07 Å². The van der Waals surface area contributed by atoms with Crippen LogP contribution in [-0.2, 0) is 4.79 Å². The number of aldehydes is 1. The highest BCUT2D eigenvalue weighted by molar-refractivity contribution is 5.66. The van der Waals surface area contributed by atoms with Crippen LogP contribution in [0.15, 0.2) is 18.5 Å². The summed E-state index contributed by atoms with van der Waals surface area (Å²) < 4.78 is 0. The summed E-state index contributed by atoms with van der Waals surface area (Å²) in [4.78, 5) is 13.0. The van der Waals surface area contributed by atoms with Crippen LogP contribution in [-0.4, -0.2) is 11.3 Å². The molecule has 0 aliphatic heterocycles. The largest absolute Gasteiger partial charge is 0.367 e. The Hall–Kier alpha value is -1.56. The van der Waals surface area contributed by atoms with Crippen LogP contribution in [0, 0.1) is 11.3 Å². The lowest BCUT2D eigenvalue weighted by atomic mass is 10.1. The van der Waals surface area contributed by atoms with E-state index in [1.165, 1.54) is 0 Å². The molecule has 10 heavy (non-hydrogen) atoms. The van der Waals surface area contributed by atoms with Gasteiger partial charge in [0.05, 0.1) is 6.07 Å². The molecule has 1 heterocycles. The van der Waals surface area contributed by atoms with E-state index in [1.807, 2.05) is 6.07 Å². The standard InChI is InChI=1S/C7H6N2O/c8-3-7(5-10)6-1-2-9-4-6/h1-2,4-5,7,9H. The maximum Gasteiger partial charge on any atom is 0.141 e. The highest BCUT2D eigenvalue weighted by atomic mass is 16.1. The Labute approximate surface area is 58.3 Å². The molecule has 0 radical (unpaired) electrons. The highest BCUT2D eigenvalue weighted by Crippen LogP contribution is 2.09. The number of aromatic amines is 1. The van der Waals surface area contributed by atoms with Crippen molar-refractivity contribution in [2.75, 3.05) is 0 Å². The molecule has 0 spiro atoms. The molecule has 1 atom stereocenters. The molecule has 0 aliphatic carbocycles. The third kappa shape index (κ3) is 1.06. The fourth-order valence-electron chi connectivity index (χ4n) is 0.714. The minimum Gasteiger partial charge on any atom is -0.367 e. The van der Waals surface area contributed by atoms with Crippen molar-refractivity contribution >= 4 is 6.29 Å². The van der Waals surface area contributed by atoms with E-state index in [0.29, 0.717) is 6.29 Å². The fraction of sp³-hybridized carbons (Fsp3) is 0.143. The van der Waals surface area contributed by atoms with Crippen LogP contribution in [0.2, 0.25) is 0 Å². The smallest absolute Gasteiger partial charge is 0.141 e. The van der Waals surface area contributed by atoms with Crippen LogP contribution in [0.1, 0.15) is 11.5 Å². The number of hydrogen-bond acceptors (Lipinski definition) is 2. The second-order valence-corrected chi connectivity index (χ2v) is 1.89. The maximum atomic E-state index is 10.2. The summed E-state index contributed by atoms with van der Waals surface area (Å²) in [5, 5.41) is 8.40. The van der Waals surface area contributed by atoms with Gasteiger partial charge in [-0.15, -0.1) is 0 Å². The molecule has 0 fully saturated rings. The average Bonchev–Trinajstić information content (AvgIpc) is 2.43. The predicted molar refractivity (Wildman–Crippen MR) is 35.2 cm³/mol. The van der Waals surface area contributed by atoms with E-state index in [1.54, 1.807) is 18.5 Å². The van der Waals surface area contributed by atoms with Crippen molar-refractivity contribution < 1.29 is 4.79 Å². The molecule has 0 amide bonds. The molecule has 1 rings (SSSR count). The van der Waals surface area contributed by atoms with Gasteiger partial charge in [-0.3, -0.25) is 0 Å². The van der Waals surface area contributed by atoms with Gasteiger partial charge in [-0.25, -0.2) is 0 Å². The lowest BCUT2D eigenvalue weighted by Gasteiger charge is -1.91. The Kier molecular flexibility index (Phi) is 1.86. The molecule has 0 saturated carbocycles. The summed E-state index contributed by atoms with van der Waals surface area (Å²) in [6.45, 7) is 0. The topological polar surface area (TPSA) is 56.6 Å². The molecule has 0 saturated heterocycles. The number of H-pyrrole nitrogens is 1. The zero-order chi connectivity index (χ0) is 7.40. The Balaban J connectivity index is 2.86. The zero-order valence-electron chi connectivity index (χ0n) is 5.24. The fourth-order valence-corrected chi connectivity index (χ4v) is 0.714. The Morgan fingerprint density at radius 2 is 2.60 bits per heavy atom. The van der Waals surface area contributed by atoms with Crippen LogP contribution in [0.5, 0.6) is 0 Å². The van der Waals surface area contributed by atoms with E-state index in [4.69, 9.17) is 5.26 Å². The molecular weight excluding hydrogens is 128 g/mol. The number of carbonyl (C=O) groups excluding carboxylic acids is 1. The van der Waals surface area contributed by atoms with Gasteiger partial charge in [0.2, 0.25) is 0 Å². The normalized spacial score (nSPS) is 11.9. The number of nitrogens with one attached hydrogen (secondary N) is 1. The Morgan fingerprint density at radius 3 is 3.00 bits per heavy atom. The Morgan fingerprint density at radius 1 is 1.80 bits per heavy atom. The number of nitriles is 1. The third-order valence-electron chi connectivity index (χ3n) is 1.26. The van der Waals surface area contributed by atoms with Gasteiger partial charge in [0.1, 0.15) is 12.2 Å². The van der Waals surface area contributed by atoms with E-state index in [-0.39, 0.29) is 0 Å². The van der Waals surface area contributed by atoms with Gasteiger partial charge >= 0.3 is 0 Å². The van der Waals surface area contributed by atoms with Crippen molar-refractivity contribution in [1.82, 2.24) is 4.98 Å². The number of rotatable bonds is 2. The summed E-state index contributed by atoms with van der Waals surface area (Å²) in [5.74, 6) is -0.619. The van der Waals surface area contributed by atoms with Crippen molar-refractivity contribution in [2.45, 2.75) is 5.92 Å². The van der Waals surface area contributed by atoms with Gasteiger partial charge in [-0.05, 0) is 11.6 Å². The van der Waals surface area contributed by atoms with Gasteiger partial charge in [-0.2, -0.15) is 5.26 Å². The molecule has 0 aliphatic rings. The Bertz CT molecular complexity index is 245. The number of hydrogen-bond donors (Lipinski definition) is 1. The minimum atomic E-state index is -0.619. The summed E-state index contributed by atoms with van der Waals surface area (Å²) in [5.41, 5.74) is 0.720. The zero-order valence-corrected chi connectivity index (χ0v) is 5.24. The third-order valence-corrected chi connectivity index (χ3v) is 1.26. The number of carbonyl (C=O) groups is 1. The first-order chi connectivity index (χ1) is 4.88. The minimum absolute atomic E-state index is 0.619. The van der Waals surface area contributed by atoms with E-state index < -0.39 is 5.92 Å². The first kappa shape index (κ1) is 6.56. The lowest BCUT2D eigenvalue weighted by Crippen LogP contribution is -1.93. The molecule has 3 heteroatoms. The second-order valence-electron chi connectivity index (χ2n) is 1.89. The molecule has 1 unspecified atom stereocenters. The number of aromatic nitrogens is 1. The van der Waals surface area contributed by atoms with Crippen molar-refractivity contribution in [3.05, 3.63) is 24.0 Å². The van der Waals surface area contributed by atoms with Gasteiger partial charge in [0, 0.05) is 12.4 Å².